The van der Waals surface area contributed by atoms with Crippen LogP contribution < -0.4 is 10.6 Å². The van der Waals surface area contributed by atoms with Crippen LogP contribution in [0.2, 0.25) is 0 Å². The topological polar surface area (TPSA) is 44.4 Å². The van der Waals surface area contributed by atoms with Gasteiger partial charge in [-0.25, -0.2) is 0 Å². The molecule has 1 aliphatic heterocycles. The summed E-state index contributed by atoms with van der Waals surface area (Å²) in [5.74, 6) is 0.132. The maximum absolute atomic E-state index is 12.2. The SMILES string of the molecule is CNCC(C)C(=O)NCC(c1ccc(C)cc1)N1CCCC1. The van der Waals surface area contributed by atoms with E-state index in [0.717, 1.165) is 13.1 Å². The van der Waals surface area contributed by atoms with Crippen LogP contribution in [0.15, 0.2) is 24.3 Å². The zero-order valence-electron chi connectivity index (χ0n) is 14.1. The molecule has 0 aliphatic carbocycles. The molecule has 0 saturated carbocycles. The quantitative estimate of drug-likeness (QED) is 0.811. The molecule has 0 bridgehead atoms. The van der Waals surface area contributed by atoms with E-state index in [9.17, 15) is 4.79 Å². The van der Waals surface area contributed by atoms with Gasteiger partial charge in [-0.1, -0.05) is 36.8 Å². The number of rotatable bonds is 7. The van der Waals surface area contributed by atoms with Crippen molar-refractivity contribution >= 4 is 5.91 Å². The van der Waals surface area contributed by atoms with Crippen molar-refractivity contribution in [1.29, 1.82) is 0 Å². The maximum atomic E-state index is 12.2. The van der Waals surface area contributed by atoms with E-state index in [1.807, 2.05) is 14.0 Å². The van der Waals surface area contributed by atoms with Crippen LogP contribution in [0.5, 0.6) is 0 Å². The van der Waals surface area contributed by atoms with Gasteiger partial charge in [0.25, 0.3) is 0 Å². The zero-order chi connectivity index (χ0) is 15.9. The van der Waals surface area contributed by atoms with Gasteiger partial charge in [-0.3, -0.25) is 9.69 Å². The molecule has 1 aromatic rings. The normalized spacial score (nSPS) is 18.1. The third kappa shape index (κ3) is 4.55. The molecule has 1 saturated heterocycles. The Morgan fingerprint density at radius 3 is 2.41 bits per heavy atom. The fraction of sp³-hybridized carbons (Fsp3) is 0.611. The Morgan fingerprint density at radius 1 is 1.18 bits per heavy atom. The molecule has 4 heteroatoms. The minimum Gasteiger partial charge on any atom is -0.354 e. The highest BCUT2D eigenvalue weighted by Gasteiger charge is 2.24. The summed E-state index contributed by atoms with van der Waals surface area (Å²) < 4.78 is 0. The highest BCUT2D eigenvalue weighted by Crippen LogP contribution is 2.25. The Kier molecular flexibility index (Phi) is 6.40. The lowest BCUT2D eigenvalue weighted by molar-refractivity contribution is -0.124. The van der Waals surface area contributed by atoms with E-state index in [0.29, 0.717) is 13.1 Å². The molecule has 2 unspecified atom stereocenters. The zero-order valence-corrected chi connectivity index (χ0v) is 14.1. The number of hydrogen-bond acceptors (Lipinski definition) is 3. The second kappa shape index (κ2) is 8.30. The summed E-state index contributed by atoms with van der Waals surface area (Å²) in [6.07, 6.45) is 2.51. The van der Waals surface area contributed by atoms with Crippen molar-refractivity contribution in [2.45, 2.75) is 32.7 Å². The second-order valence-electron chi connectivity index (χ2n) is 6.37. The number of hydrogen-bond donors (Lipinski definition) is 2. The van der Waals surface area contributed by atoms with Crippen LogP contribution in [0.25, 0.3) is 0 Å². The van der Waals surface area contributed by atoms with Crippen molar-refractivity contribution in [2.24, 2.45) is 5.92 Å². The Balaban J connectivity index is 2.02. The second-order valence-corrected chi connectivity index (χ2v) is 6.37. The number of nitrogens with one attached hydrogen (secondary N) is 2. The van der Waals surface area contributed by atoms with Crippen LogP contribution >= 0.6 is 0 Å². The summed E-state index contributed by atoms with van der Waals surface area (Å²) in [5.41, 5.74) is 2.57. The lowest BCUT2D eigenvalue weighted by Crippen LogP contribution is -2.40. The van der Waals surface area contributed by atoms with Gasteiger partial charge in [0.1, 0.15) is 0 Å². The van der Waals surface area contributed by atoms with Crippen LogP contribution in [-0.4, -0.2) is 44.0 Å². The molecular weight excluding hydrogens is 274 g/mol. The van der Waals surface area contributed by atoms with Crippen molar-refractivity contribution in [2.75, 3.05) is 33.2 Å². The lowest BCUT2D eigenvalue weighted by atomic mass is 10.0. The molecular formula is C18H29N3O. The third-order valence-electron chi connectivity index (χ3n) is 4.47. The molecule has 2 atom stereocenters. The predicted octanol–water partition coefficient (Wildman–Crippen LogP) is 2.10. The van der Waals surface area contributed by atoms with E-state index in [2.05, 4.69) is 46.7 Å². The molecule has 122 valence electrons. The van der Waals surface area contributed by atoms with E-state index >= 15 is 0 Å². The van der Waals surface area contributed by atoms with Gasteiger partial charge in [0.2, 0.25) is 5.91 Å². The number of nitrogens with zero attached hydrogens (tertiary/aromatic N) is 1. The van der Waals surface area contributed by atoms with E-state index < -0.39 is 0 Å². The van der Waals surface area contributed by atoms with Crippen LogP contribution in [0.4, 0.5) is 0 Å². The van der Waals surface area contributed by atoms with Gasteiger partial charge in [-0.05, 0) is 45.5 Å². The Bertz CT molecular complexity index is 466. The van der Waals surface area contributed by atoms with Gasteiger partial charge in [0, 0.05) is 19.0 Å². The summed E-state index contributed by atoms with van der Waals surface area (Å²) in [4.78, 5) is 14.7. The highest BCUT2D eigenvalue weighted by atomic mass is 16.1. The van der Waals surface area contributed by atoms with Gasteiger partial charge in [-0.2, -0.15) is 0 Å². The average Bonchev–Trinajstić information content (AvgIpc) is 3.03. The molecule has 0 spiro atoms. The third-order valence-corrected chi connectivity index (χ3v) is 4.47. The van der Waals surface area contributed by atoms with Gasteiger partial charge in [-0.15, -0.1) is 0 Å². The molecule has 0 radical (unpaired) electrons. The molecule has 0 aromatic heterocycles. The monoisotopic (exact) mass is 303 g/mol. The van der Waals surface area contributed by atoms with E-state index in [4.69, 9.17) is 0 Å². The van der Waals surface area contributed by atoms with Crippen molar-refractivity contribution in [1.82, 2.24) is 15.5 Å². The Labute approximate surface area is 134 Å². The first-order chi connectivity index (χ1) is 10.6. The molecule has 22 heavy (non-hydrogen) atoms. The molecule has 4 nitrogen and oxygen atoms in total. The van der Waals surface area contributed by atoms with Gasteiger partial charge >= 0.3 is 0 Å². The smallest absolute Gasteiger partial charge is 0.224 e. The number of likely N-dealkylation sites (tertiary alicyclic amines) is 1. The summed E-state index contributed by atoms with van der Waals surface area (Å²) in [5, 5.41) is 6.19. The fourth-order valence-electron chi connectivity index (χ4n) is 3.07. The average molecular weight is 303 g/mol. The van der Waals surface area contributed by atoms with E-state index in [1.165, 1.54) is 24.0 Å². The van der Waals surface area contributed by atoms with E-state index in [1.54, 1.807) is 0 Å². The van der Waals surface area contributed by atoms with Gasteiger partial charge < -0.3 is 10.6 Å². The molecule has 1 heterocycles. The first kappa shape index (κ1) is 17.0. The fourth-order valence-corrected chi connectivity index (χ4v) is 3.07. The van der Waals surface area contributed by atoms with Crippen molar-refractivity contribution in [3.05, 3.63) is 35.4 Å². The maximum Gasteiger partial charge on any atom is 0.224 e. The van der Waals surface area contributed by atoms with Gasteiger partial charge in [0.05, 0.1) is 6.04 Å². The lowest BCUT2D eigenvalue weighted by Gasteiger charge is -2.28. The Hall–Kier alpha value is -1.39. The minimum absolute atomic E-state index is 0.00208. The minimum atomic E-state index is 0.00208. The van der Waals surface area contributed by atoms with Crippen molar-refractivity contribution in [3.63, 3.8) is 0 Å². The van der Waals surface area contributed by atoms with E-state index in [-0.39, 0.29) is 17.9 Å². The van der Waals surface area contributed by atoms with Crippen LogP contribution in [0.1, 0.15) is 36.9 Å². The van der Waals surface area contributed by atoms with Crippen LogP contribution in [-0.2, 0) is 4.79 Å². The molecule has 1 aliphatic rings. The summed E-state index contributed by atoms with van der Waals surface area (Å²) in [7, 11) is 1.88. The first-order valence-electron chi connectivity index (χ1n) is 8.34. The molecule has 1 amide bonds. The number of aryl methyl sites for hydroxylation is 1. The number of amides is 1. The summed E-state index contributed by atoms with van der Waals surface area (Å²) in [6.45, 7) is 7.72. The van der Waals surface area contributed by atoms with Gasteiger partial charge in [0.15, 0.2) is 0 Å². The predicted molar refractivity (Wildman–Crippen MR) is 90.8 cm³/mol. The van der Waals surface area contributed by atoms with Crippen molar-refractivity contribution in [3.8, 4) is 0 Å². The molecule has 2 N–H and O–H groups in total. The number of carbonyl (C=O) groups is 1. The molecule has 1 fully saturated rings. The van der Waals surface area contributed by atoms with Crippen LogP contribution in [0.3, 0.4) is 0 Å². The largest absolute Gasteiger partial charge is 0.354 e. The summed E-state index contributed by atoms with van der Waals surface area (Å²) >= 11 is 0. The number of benzene rings is 1. The Morgan fingerprint density at radius 2 is 1.82 bits per heavy atom. The molecule has 1 aromatic carbocycles. The van der Waals surface area contributed by atoms with Crippen LogP contribution in [0, 0.1) is 12.8 Å². The summed E-state index contributed by atoms with van der Waals surface area (Å²) in [6, 6.07) is 8.99. The van der Waals surface area contributed by atoms with Crippen molar-refractivity contribution < 1.29 is 4.79 Å². The number of carbonyl (C=O) groups excluding carboxylic acids is 1. The highest BCUT2D eigenvalue weighted by molar-refractivity contribution is 5.78. The molecule has 2 rings (SSSR count). The first-order valence-corrected chi connectivity index (χ1v) is 8.34. The standard InChI is InChI=1S/C18H29N3O/c1-14-6-8-16(9-7-14)17(21-10-4-5-11-21)13-20-18(22)15(2)12-19-3/h6-9,15,17,19H,4-5,10-13H2,1-3H3,(H,20,22).